The van der Waals surface area contributed by atoms with Crippen LogP contribution in [0.4, 0.5) is 0 Å². The van der Waals surface area contributed by atoms with Gasteiger partial charge in [-0.2, -0.15) is 0 Å². The summed E-state index contributed by atoms with van der Waals surface area (Å²) in [5, 5.41) is 5.64. The largest absolute Gasteiger partial charge is 0.352 e. The molecule has 0 saturated carbocycles. The standard InChI is InChI=1S/C17H18N2O2/c20-12-18-16(14-7-3-1-4-8-14)11-17(19-13-21)15-9-5-2-6-10-15/h1-10,12-13,16-17H,11H2,(H,18,20)(H,19,21)/t16-,17-/m0/s1. The maximum absolute atomic E-state index is 10.9. The average Bonchev–Trinajstić information content (AvgIpc) is 2.55. The number of nitrogens with one attached hydrogen (secondary N) is 2. The number of hydrogen-bond donors (Lipinski definition) is 2. The Morgan fingerprint density at radius 3 is 1.43 bits per heavy atom. The maximum Gasteiger partial charge on any atom is 0.207 e. The Morgan fingerprint density at radius 1 is 0.714 bits per heavy atom. The smallest absolute Gasteiger partial charge is 0.207 e. The fourth-order valence-electron chi connectivity index (χ4n) is 2.37. The quantitative estimate of drug-likeness (QED) is 0.730. The lowest BCUT2D eigenvalue weighted by Gasteiger charge is -2.23. The lowest BCUT2D eigenvalue weighted by atomic mass is 9.95. The molecule has 0 aliphatic heterocycles. The van der Waals surface area contributed by atoms with Gasteiger partial charge < -0.3 is 10.6 Å². The van der Waals surface area contributed by atoms with Crippen molar-refractivity contribution in [1.82, 2.24) is 10.6 Å². The monoisotopic (exact) mass is 282 g/mol. The van der Waals surface area contributed by atoms with Crippen molar-refractivity contribution in [1.29, 1.82) is 0 Å². The Labute approximate surface area is 124 Å². The number of amides is 2. The van der Waals surface area contributed by atoms with Gasteiger partial charge in [0.05, 0.1) is 12.1 Å². The van der Waals surface area contributed by atoms with Crippen molar-refractivity contribution >= 4 is 12.8 Å². The van der Waals surface area contributed by atoms with Crippen LogP contribution in [0, 0.1) is 0 Å². The van der Waals surface area contributed by atoms with E-state index < -0.39 is 0 Å². The van der Waals surface area contributed by atoms with Crippen LogP contribution in [0.25, 0.3) is 0 Å². The first-order valence-corrected chi connectivity index (χ1v) is 6.84. The van der Waals surface area contributed by atoms with Gasteiger partial charge in [0, 0.05) is 0 Å². The van der Waals surface area contributed by atoms with Gasteiger partial charge in [0.2, 0.25) is 12.8 Å². The molecule has 4 heteroatoms. The third-order valence-electron chi connectivity index (χ3n) is 3.41. The average molecular weight is 282 g/mol. The zero-order valence-electron chi connectivity index (χ0n) is 11.6. The molecule has 2 atom stereocenters. The van der Waals surface area contributed by atoms with Crippen molar-refractivity contribution in [2.45, 2.75) is 18.5 Å². The van der Waals surface area contributed by atoms with Crippen molar-refractivity contribution in [2.75, 3.05) is 0 Å². The summed E-state index contributed by atoms with van der Waals surface area (Å²) in [5.74, 6) is 0. The van der Waals surface area contributed by atoms with Crippen molar-refractivity contribution in [2.24, 2.45) is 0 Å². The second-order valence-electron chi connectivity index (χ2n) is 4.73. The fourth-order valence-corrected chi connectivity index (χ4v) is 2.37. The predicted molar refractivity (Wildman–Crippen MR) is 81.4 cm³/mol. The third-order valence-corrected chi connectivity index (χ3v) is 3.41. The van der Waals surface area contributed by atoms with Gasteiger partial charge in [0.15, 0.2) is 0 Å². The van der Waals surface area contributed by atoms with Crippen LogP contribution in [0.1, 0.15) is 29.6 Å². The summed E-state index contributed by atoms with van der Waals surface area (Å²) in [7, 11) is 0. The molecule has 0 saturated heterocycles. The molecule has 2 aromatic rings. The lowest BCUT2D eigenvalue weighted by molar-refractivity contribution is -0.110. The van der Waals surface area contributed by atoms with Crippen molar-refractivity contribution < 1.29 is 9.59 Å². The minimum Gasteiger partial charge on any atom is -0.352 e. The minimum absolute atomic E-state index is 0.152. The molecule has 0 heterocycles. The van der Waals surface area contributed by atoms with E-state index in [1.165, 1.54) is 0 Å². The van der Waals surface area contributed by atoms with Crippen molar-refractivity contribution in [3.05, 3.63) is 71.8 Å². The van der Waals surface area contributed by atoms with E-state index in [0.717, 1.165) is 11.1 Å². The molecule has 2 amide bonds. The van der Waals surface area contributed by atoms with Crippen molar-refractivity contribution in [3.63, 3.8) is 0 Å². The highest BCUT2D eigenvalue weighted by Gasteiger charge is 2.18. The first kappa shape index (κ1) is 14.8. The summed E-state index contributed by atoms with van der Waals surface area (Å²) in [4.78, 5) is 21.7. The van der Waals surface area contributed by atoms with Crippen LogP contribution in [0.2, 0.25) is 0 Å². The molecule has 0 spiro atoms. The van der Waals surface area contributed by atoms with E-state index in [1.807, 2.05) is 60.7 Å². The number of benzene rings is 2. The van der Waals surface area contributed by atoms with Crippen LogP contribution < -0.4 is 10.6 Å². The van der Waals surface area contributed by atoms with Crippen LogP contribution in [0.3, 0.4) is 0 Å². The summed E-state index contributed by atoms with van der Waals surface area (Å²) in [6.07, 6.45) is 1.98. The van der Waals surface area contributed by atoms with Crippen LogP contribution in [0.5, 0.6) is 0 Å². The predicted octanol–water partition coefficient (Wildman–Crippen LogP) is 2.35. The van der Waals surface area contributed by atoms with E-state index in [0.29, 0.717) is 19.2 Å². The molecule has 0 aliphatic carbocycles. The second-order valence-corrected chi connectivity index (χ2v) is 4.73. The molecule has 0 bridgehead atoms. The molecular formula is C17H18N2O2. The lowest BCUT2D eigenvalue weighted by Crippen LogP contribution is -2.27. The van der Waals surface area contributed by atoms with Gasteiger partial charge in [-0.05, 0) is 17.5 Å². The normalized spacial score (nSPS) is 13.0. The Balaban J connectivity index is 2.20. The highest BCUT2D eigenvalue weighted by atomic mass is 16.1. The number of carbonyl (C=O) groups excluding carboxylic acids is 2. The molecular weight excluding hydrogens is 264 g/mol. The highest BCUT2D eigenvalue weighted by Crippen LogP contribution is 2.25. The van der Waals surface area contributed by atoms with E-state index in [-0.39, 0.29) is 12.1 Å². The van der Waals surface area contributed by atoms with E-state index in [4.69, 9.17) is 0 Å². The van der Waals surface area contributed by atoms with Gasteiger partial charge in [-0.1, -0.05) is 60.7 Å². The van der Waals surface area contributed by atoms with Gasteiger partial charge in [-0.3, -0.25) is 9.59 Å². The summed E-state index contributed by atoms with van der Waals surface area (Å²) < 4.78 is 0. The molecule has 4 nitrogen and oxygen atoms in total. The van der Waals surface area contributed by atoms with Crippen LogP contribution >= 0.6 is 0 Å². The Hall–Kier alpha value is -2.62. The maximum atomic E-state index is 10.9. The summed E-state index contributed by atoms with van der Waals surface area (Å²) in [5.41, 5.74) is 2.02. The summed E-state index contributed by atoms with van der Waals surface area (Å²) in [6.45, 7) is 0. The molecule has 21 heavy (non-hydrogen) atoms. The van der Waals surface area contributed by atoms with E-state index >= 15 is 0 Å². The van der Waals surface area contributed by atoms with E-state index in [1.54, 1.807) is 0 Å². The fraction of sp³-hybridized carbons (Fsp3) is 0.176. The van der Waals surface area contributed by atoms with Gasteiger partial charge in [-0.25, -0.2) is 0 Å². The van der Waals surface area contributed by atoms with Crippen molar-refractivity contribution in [3.8, 4) is 0 Å². The molecule has 0 aromatic heterocycles. The number of rotatable bonds is 8. The first-order valence-electron chi connectivity index (χ1n) is 6.84. The number of carbonyl (C=O) groups is 2. The highest BCUT2D eigenvalue weighted by molar-refractivity contribution is 5.49. The minimum atomic E-state index is -0.152. The topological polar surface area (TPSA) is 58.2 Å². The molecule has 2 N–H and O–H groups in total. The molecule has 2 aromatic carbocycles. The van der Waals surface area contributed by atoms with Gasteiger partial charge >= 0.3 is 0 Å². The molecule has 2 rings (SSSR count). The molecule has 0 fully saturated rings. The zero-order chi connectivity index (χ0) is 14.9. The third kappa shape index (κ3) is 4.18. The summed E-state index contributed by atoms with van der Waals surface area (Å²) in [6, 6.07) is 19.1. The molecule has 0 unspecified atom stereocenters. The first-order chi connectivity index (χ1) is 10.3. The Bertz CT molecular complexity index is 506. The second kappa shape index (κ2) is 7.85. The molecule has 0 aliphatic rings. The molecule has 0 radical (unpaired) electrons. The van der Waals surface area contributed by atoms with Crippen LogP contribution in [-0.4, -0.2) is 12.8 Å². The molecule has 108 valence electrons. The zero-order valence-corrected chi connectivity index (χ0v) is 11.6. The Morgan fingerprint density at radius 2 is 1.10 bits per heavy atom. The van der Waals surface area contributed by atoms with E-state index in [9.17, 15) is 9.59 Å². The van der Waals surface area contributed by atoms with Gasteiger partial charge in [0.25, 0.3) is 0 Å². The van der Waals surface area contributed by atoms with Crippen LogP contribution in [-0.2, 0) is 9.59 Å². The van der Waals surface area contributed by atoms with Crippen LogP contribution in [0.15, 0.2) is 60.7 Å². The number of hydrogen-bond acceptors (Lipinski definition) is 2. The van der Waals surface area contributed by atoms with Gasteiger partial charge in [-0.15, -0.1) is 0 Å². The summed E-state index contributed by atoms with van der Waals surface area (Å²) >= 11 is 0. The van der Waals surface area contributed by atoms with Gasteiger partial charge in [0.1, 0.15) is 0 Å². The van der Waals surface area contributed by atoms with E-state index in [2.05, 4.69) is 10.6 Å². The SMILES string of the molecule is O=CN[C@@H](C[C@H](NC=O)c1ccccc1)c1ccccc1. The Kier molecular flexibility index (Phi) is 5.52.